The first kappa shape index (κ1) is 14.4. The van der Waals surface area contributed by atoms with Crippen molar-refractivity contribution in [2.75, 3.05) is 13.2 Å². The van der Waals surface area contributed by atoms with Crippen molar-refractivity contribution in [2.45, 2.75) is 47.0 Å². The minimum absolute atomic E-state index is 0.0968. The second-order valence-electron chi connectivity index (χ2n) is 5.51. The smallest absolute Gasteiger partial charge is 0.220 e. The molecule has 15 heavy (non-hydrogen) atoms. The van der Waals surface area contributed by atoms with Gasteiger partial charge in [-0.05, 0) is 24.2 Å². The van der Waals surface area contributed by atoms with Gasteiger partial charge in [0.2, 0.25) is 5.91 Å². The number of aliphatic hydroxyl groups is 1. The number of rotatable bonds is 6. The third-order valence-electron chi connectivity index (χ3n) is 2.29. The molecule has 0 saturated heterocycles. The van der Waals surface area contributed by atoms with Crippen LogP contribution in [0.25, 0.3) is 0 Å². The molecule has 0 aromatic heterocycles. The molecule has 2 N–H and O–H groups in total. The van der Waals surface area contributed by atoms with E-state index in [9.17, 15) is 4.79 Å². The minimum atomic E-state index is 0.0968. The maximum atomic E-state index is 11.4. The predicted molar refractivity (Wildman–Crippen MR) is 62.6 cm³/mol. The van der Waals surface area contributed by atoms with Crippen LogP contribution in [-0.4, -0.2) is 24.2 Å². The number of hydrogen-bond acceptors (Lipinski definition) is 2. The number of hydrogen-bond donors (Lipinski definition) is 2. The summed E-state index contributed by atoms with van der Waals surface area (Å²) in [6, 6.07) is 0. The SMILES string of the molecule is CC(CO)CNC(=O)CCCC(C)(C)C. The fraction of sp³-hybridized carbons (Fsp3) is 0.917. The standard InChI is InChI=1S/C12H25NO2/c1-10(9-14)8-13-11(15)6-5-7-12(2,3)4/h10,14H,5-9H2,1-4H3,(H,13,15). The maximum absolute atomic E-state index is 11.4. The molecule has 90 valence electrons. The summed E-state index contributed by atoms with van der Waals surface area (Å²) >= 11 is 0. The summed E-state index contributed by atoms with van der Waals surface area (Å²) in [5, 5.41) is 11.6. The van der Waals surface area contributed by atoms with E-state index in [2.05, 4.69) is 26.1 Å². The van der Waals surface area contributed by atoms with Crippen LogP contribution in [0.4, 0.5) is 0 Å². The zero-order valence-electron chi connectivity index (χ0n) is 10.5. The lowest BCUT2D eigenvalue weighted by Gasteiger charge is -2.17. The highest BCUT2D eigenvalue weighted by molar-refractivity contribution is 5.75. The van der Waals surface area contributed by atoms with Crippen molar-refractivity contribution in [2.24, 2.45) is 11.3 Å². The van der Waals surface area contributed by atoms with Gasteiger partial charge in [0.25, 0.3) is 0 Å². The van der Waals surface area contributed by atoms with Crippen LogP contribution >= 0.6 is 0 Å². The molecule has 1 unspecified atom stereocenters. The Labute approximate surface area is 93.3 Å². The van der Waals surface area contributed by atoms with Gasteiger partial charge in [-0.1, -0.05) is 27.7 Å². The van der Waals surface area contributed by atoms with Gasteiger partial charge in [-0.25, -0.2) is 0 Å². The zero-order chi connectivity index (χ0) is 11.9. The molecule has 0 aromatic carbocycles. The second-order valence-corrected chi connectivity index (χ2v) is 5.51. The quantitative estimate of drug-likeness (QED) is 0.711. The molecule has 0 rings (SSSR count). The summed E-state index contributed by atoms with van der Waals surface area (Å²) in [5.74, 6) is 0.246. The molecular weight excluding hydrogens is 190 g/mol. The van der Waals surface area contributed by atoms with Gasteiger partial charge in [0.05, 0.1) is 0 Å². The van der Waals surface area contributed by atoms with Crippen molar-refractivity contribution in [3.63, 3.8) is 0 Å². The van der Waals surface area contributed by atoms with Gasteiger partial charge in [0.15, 0.2) is 0 Å². The first-order chi connectivity index (χ1) is 6.85. The summed E-state index contributed by atoms with van der Waals surface area (Å²) in [6.07, 6.45) is 2.59. The Morgan fingerprint density at radius 2 is 2.00 bits per heavy atom. The van der Waals surface area contributed by atoms with Crippen molar-refractivity contribution in [3.05, 3.63) is 0 Å². The molecule has 0 aliphatic rings. The molecule has 0 aliphatic carbocycles. The van der Waals surface area contributed by atoms with E-state index in [1.165, 1.54) is 0 Å². The number of amides is 1. The van der Waals surface area contributed by atoms with Crippen molar-refractivity contribution < 1.29 is 9.90 Å². The predicted octanol–water partition coefficient (Wildman–Crippen LogP) is 1.95. The first-order valence-electron chi connectivity index (χ1n) is 5.72. The van der Waals surface area contributed by atoms with Gasteiger partial charge in [0, 0.05) is 19.6 Å². The number of carbonyl (C=O) groups excluding carboxylic acids is 1. The number of carbonyl (C=O) groups is 1. The van der Waals surface area contributed by atoms with Gasteiger partial charge in [-0.3, -0.25) is 4.79 Å². The fourth-order valence-corrected chi connectivity index (χ4v) is 1.22. The Morgan fingerprint density at radius 1 is 1.40 bits per heavy atom. The third-order valence-corrected chi connectivity index (χ3v) is 2.29. The summed E-state index contributed by atoms with van der Waals surface area (Å²) in [4.78, 5) is 11.4. The highest BCUT2D eigenvalue weighted by Gasteiger charge is 2.11. The lowest BCUT2D eigenvalue weighted by molar-refractivity contribution is -0.121. The second kappa shape index (κ2) is 6.83. The van der Waals surface area contributed by atoms with E-state index in [1.807, 2.05) is 6.92 Å². The Balaban J connectivity index is 3.50. The average Bonchev–Trinajstić information content (AvgIpc) is 2.12. The maximum Gasteiger partial charge on any atom is 0.220 e. The lowest BCUT2D eigenvalue weighted by Crippen LogP contribution is -2.29. The first-order valence-corrected chi connectivity index (χ1v) is 5.72. The summed E-state index contributed by atoms with van der Waals surface area (Å²) in [7, 11) is 0. The summed E-state index contributed by atoms with van der Waals surface area (Å²) in [6.45, 7) is 9.15. The van der Waals surface area contributed by atoms with E-state index >= 15 is 0 Å². The molecule has 3 heteroatoms. The average molecular weight is 215 g/mol. The van der Waals surface area contributed by atoms with Gasteiger partial charge in [-0.15, -0.1) is 0 Å². The van der Waals surface area contributed by atoms with Crippen molar-refractivity contribution in [1.82, 2.24) is 5.32 Å². The van der Waals surface area contributed by atoms with E-state index in [-0.39, 0.29) is 18.4 Å². The van der Waals surface area contributed by atoms with Crippen LogP contribution in [0.5, 0.6) is 0 Å². The summed E-state index contributed by atoms with van der Waals surface area (Å²) < 4.78 is 0. The molecule has 0 fully saturated rings. The van der Waals surface area contributed by atoms with E-state index < -0.39 is 0 Å². The fourth-order valence-electron chi connectivity index (χ4n) is 1.22. The van der Waals surface area contributed by atoms with Crippen molar-refractivity contribution >= 4 is 5.91 Å². The van der Waals surface area contributed by atoms with E-state index in [4.69, 9.17) is 5.11 Å². The molecule has 0 radical (unpaired) electrons. The Kier molecular flexibility index (Phi) is 6.57. The molecule has 3 nitrogen and oxygen atoms in total. The van der Waals surface area contributed by atoms with Crippen LogP contribution in [0.15, 0.2) is 0 Å². The van der Waals surface area contributed by atoms with Crippen molar-refractivity contribution in [3.8, 4) is 0 Å². The summed E-state index contributed by atoms with van der Waals surface area (Å²) in [5.41, 5.74) is 0.304. The minimum Gasteiger partial charge on any atom is -0.396 e. The van der Waals surface area contributed by atoms with Crippen LogP contribution in [0.2, 0.25) is 0 Å². The molecule has 0 spiro atoms. The van der Waals surface area contributed by atoms with E-state index in [1.54, 1.807) is 0 Å². The highest BCUT2D eigenvalue weighted by Crippen LogP contribution is 2.21. The lowest BCUT2D eigenvalue weighted by atomic mass is 9.90. The van der Waals surface area contributed by atoms with Gasteiger partial charge < -0.3 is 10.4 Å². The van der Waals surface area contributed by atoms with Crippen LogP contribution in [0.1, 0.15) is 47.0 Å². The van der Waals surface area contributed by atoms with Crippen molar-refractivity contribution in [1.29, 1.82) is 0 Å². The molecule has 1 amide bonds. The topological polar surface area (TPSA) is 49.3 Å². The number of aliphatic hydroxyl groups excluding tert-OH is 1. The molecule has 0 saturated carbocycles. The van der Waals surface area contributed by atoms with Gasteiger partial charge >= 0.3 is 0 Å². The molecule has 0 aliphatic heterocycles. The Hall–Kier alpha value is -0.570. The number of nitrogens with one attached hydrogen (secondary N) is 1. The van der Waals surface area contributed by atoms with E-state index in [0.29, 0.717) is 18.4 Å². The normalized spacial score (nSPS) is 13.7. The van der Waals surface area contributed by atoms with Crippen LogP contribution in [-0.2, 0) is 4.79 Å². The van der Waals surface area contributed by atoms with Crippen LogP contribution in [0.3, 0.4) is 0 Å². The molecule has 0 aromatic rings. The molecule has 1 atom stereocenters. The Morgan fingerprint density at radius 3 is 2.47 bits per heavy atom. The van der Waals surface area contributed by atoms with Crippen LogP contribution in [0, 0.1) is 11.3 Å². The Bertz CT molecular complexity index is 185. The largest absolute Gasteiger partial charge is 0.396 e. The molecule has 0 heterocycles. The molecule has 0 bridgehead atoms. The third kappa shape index (κ3) is 9.73. The highest BCUT2D eigenvalue weighted by atomic mass is 16.3. The monoisotopic (exact) mass is 215 g/mol. The van der Waals surface area contributed by atoms with E-state index in [0.717, 1.165) is 12.8 Å². The van der Waals surface area contributed by atoms with Crippen LogP contribution < -0.4 is 5.32 Å². The molecular formula is C12H25NO2. The zero-order valence-corrected chi connectivity index (χ0v) is 10.5. The van der Waals surface area contributed by atoms with Gasteiger partial charge in [0.1, 0.15) is 0 Å². The van der Waals surface area contributed by atoms with Gasteiger partial charge in [-0.2, -0.15) is 0 Å².